The van der Waals surface area contributed by atoms with Crippen molar-refractivity contribution in [3.63, 3.8) is 0 Å². The Morgan fingerprint density at radius 1 is 1.38 bits per heavy atom. The van der Waals surface area contributed by atoms with Crippen LogP contribution in [0.5, 0.6) is 0 Å². The van der Waals surface area contributed by atoms with Gasteiger partial charge in [-0.25, -0.2) is 0 Å². The zero-order chi connectivity index (χ0) is 14.7. The van der Waals surface area contributed by atoms with Gasteiger partial charge < -0.3 is 10.2 Å². The lowest BCUT2D eigenvalue weighted by Crippen LogP contribution is -2.41. The van der Waals surface area contributed by atoms with E-state index in [1.165, 1.54) is 5.56 Å². The monoisotopic (exact) mass is 349 g/mol. The number of aromatic amines is 1. The third kappa shape index (κ3) is 3.63. The molecule has 0 bridgehead atoms. The highest BCUT2D eigenvalue weighted by atomic mass is 79.9. The van der Waals surface area contributed by atoms with E-state index in [9.17, 15) is 0 Å². The summed E-state index contributed by atoms with van der Waals surface area (Å²) in [6.07, 6.45) is 3.07. The Kier molecular flexibility index (Phi) is 4.55. The molecule has 1 aliphatic rings. The quantitative estimate of drug-likeness (QED) is 0.889. The molecule has 1 saturated heterocycles. The van der Waals surface area contributed by atoms with Gasteiger partial charge in [0.25, 0.3) is 0 Å². The Labute approximate surface area is 133 Å². The van der Waals surface area contributed by atoms with E-state index in [0.29, 0.717) is 6.04 Å². The predicted octanol–water partition coefficient (Wildman–Crippen LogP) is 2.35. The molecule has 6 heteroatoms. The molecule has 21 heavy (non-hydrogen) atoms. The summed E-state index contributed by atoms with van der Waals surface area (Å²) in [6, 6.07) is 8.91. The number of piperidine rings is 1. The van der Waals surface area contributed by atoms with Crippen LogP contribution >= 0.6 is 15.9 Å². The molecule has 0 amide bonds. The Morgan fingerprint density at radius 3 is 2.90 bits per heavy atom. The third-order valence-corrected chi connectivity index (χ3v) is 4.46. The Hall–Kier alpha value is -1.40. The smallest absolute Gasteiger partial charge is 0.244 e. The third-order valence-electron chi connectivity index (χ3n) is 3.97. The lowest BCUT2D eigenvalue weighted by molar-refractivity contribution is 0.439. The molecule has 1 aromatic heterocycles. The number of H-pyrrole nitrogens is 1. The second kappa shape index (κ2) is 6.58. The molecule has 2 aromatic rings. The van der Waals surface area contributed by atoms with Gasteiger partial charge in [0.15, 0.2) is 0 Å². The van der Waals surface area contributed by atoms with Crippen molar-refractivity contribution in [2.24, 2.45) is 0 Å². The number of aromatic nitrogens is 3. The van der Waals surface area contributed by atoms with Crippen molar-refractivity contribution < 1.29 is 0 Å². The molecule has 0 unspecified atom stereocenters. The molecule has 3 rings (SSSR count). The second-order valence-corrected chi connectivity index (χ2v) is 6.35. The van der Waals surface area contributed by atoms with E-state index in [1.54, 1.807) is 0 Å². The lowest BCUT2D eigenvalue weighted by atomic mass is 10.1. The summed E-state index contributed by atoms with van der Waals surface area (Å²) in [6.45, 7) is 2.03. The Balaban J connectivity index is 1.64. The minimum atomic E-state index is 0.626. The molecule has 112 valence electrons. The SMILES string of the molecule is CNC1CCN(c2n[nH]c(Cc3cccc(Br)c3)n2)CC1. The summed E-state index contributed by atoms with van der Waals surface area (Å²) in [5, 5.41) is 10.8. The van der Waals surface area contributed by atoms with Gasteiger partial charge in [-0.3, -0.25) is 5.10 Å². The number of hydrogen-bond acceptors (Lipinski definition) is 4. The van der Waals surface area contributed by atoms with Crippen LogP contribution < -0.4 is 10.2 Å². The van der Waals surface area contributed by atoms with E-state index in [0.717, 1.165) is 48.6 Å². The molecule has 2 N–H and O–H groups in total. The van der Waals surface area contributed by atoms with Crippen molar-refractivity contribution >= 4 is 21.9 Å². The molecule has 0 radical (unpaired) electrons. The van der Waals surface area contributed by atoms with E-state index in [4.69, 9.17) is 0 Å². The summed E-state index contributed by atoms with van der Waals surface area (Å²) >= 11 is 3.50. The fraction of sp³-hybridized carbons (Fsp3) is 0.467. The van der Waals surface area contributed by atoms with Crippen LogP contribution in [0.15, 0.2) is 28.7 Å². The van der Waals surface area contributed by atoms with E-state index >= 15 is 0 Å². The summed E-state index contributed by atoms with van der Waals surface area (Å²) in [5.74, 6) is 1.74. The molecule has 5 nitrogen and oxygen atoms in total. The predicted molar refractivity (Wildman–Crippen MR) is 87.6 cm³/mol. The maximum absolute atomic E-state index is 4.63. The Bertz CT molecular complexity index is 589. The van der Waals surface area contributed by atoms with Crippen LogP contribution in [0.25, 0.3) is 0 Å². The van der Waals surface area contributed by atoms with Crippen molar-refractivity contribution in [2.75, 3.05) is 25.0 Å². The topological polar surface area (TPSA) is 56.8 Å². The van der Waals surface area contributed by atoms with Gasteiger partial charge in [-0.2, -0.15) is 4.98 Å². The molecule has 0 saturated carbocycles. The minimum absolute atomic E-state index is 0.626. The van der Waals surface area contributed by atoms with Crippen LogP contribution in [-0.2, 0) is 6.42 Å². The van der Waals surface area contributed by atoms with E-state index in [1.807, 2.05) is 19.2 Å². The van der Waals surface area contributed by atoms with Gasteiger partial charge in [0.05, 0.1) is 0 Å². The van der Waals surface area contributed by atoms with Gasteiger partial charge in [0.1, 0.15) is 5.82 Å². The summed E-state index contributed by atoms with van der Waals surface area (Å²) < 4.78 is 1.09. The van der Waals surface area contributed by atoms with E-state index < -0.39 is 0 Å². The number of anilines is 1. The number of halogens is 1. The van der Waals surface area contributed by atoms with Gasteiger partial charge in [-0.05, 0) is 37.6 Å². The first-order chi connectivity index (χ1) is 10.2. The zero-order valence-electron chi connectivity index (χ0n) is 12.1. The number of hydrogen-bond donors (Lipinski definition) is 2. The highest BCUT2D eigenvalue weighted by Gasteiger charge is 2.20. The number of benzene rings is 1. The van der Waals surface area contributed by atoms with Crippen molar-refractivity contribution in [1.29, 1.82) is 0 Å². The van der Waals surface area contributed by atoms with Gasteiger partial charge in [0.2, 0.25) is 5.95 Å². The maximum atomic E-state index is 4.63. The summed E-state index contributed by atoms with van der Waals surface area (Å²) in [5.41, 5.74) is 1.22. The minimum Gasteiger partial charge on any atom is -0.339 e. The van der Waals surface area contributed by atoms with Crippen LogP contribution in [0.4, 0.5) is 5.95 Å². The highest BCUT2D eigenvalue weighted by molar-refractivity contribution is 9.10. The lowest BCUT2D eigenvalue weighted by Gasteiger charge is -2.30. The first-order valence-corrected chi connectivity index (χ1v) is 8.12. The highest BCUT2D eigenvalue weighted by Crippen LogP contribution is 2.18. The average molecular weight is 350 g/mol. The maximum Gasteiger partial charge on any atom is 0.244 e. The summed E-state index contributed by atoms with van der Waals surface area (Å²) in [4.78, 5) is 6.89. The molecule has 1 aromatic carbocycles. The zero-order valence-corrected chi connectivity index (χ0v) is 13.7. The average Bonchev–Trinajstić information content (AvgIpc) is 2.96. The molecule has 1 fully saturated rings. The molecular formula is C15H20BrN5. The summed E-state index contributed by atoms with van der Waals surface area (Å²) in [7, 11) is 2.03. The van der Waals surface area contributed by atoms with Crippen LogP contribution in [0.2, 0.25) is 0 Å². The molecule has 0 spiro atoms. The second-order valence-electron chi connectivity index (χ2n) is 5.44. The van der Waals surface area contributed by atoms with Crippen molar-refractivity contribution in [3.05, 3.63) is 40.1 Å². The van der Waals surface area contributed by atoms with Gasteiger partial charge in [-0.15, -0.1) is 5.10 Å². The van der Waals surface area contributed by atoms with Crippen molar-refractivity contribution in [1.82, 2.24) is 20.5 Å². The first-order valence-electron chi connectivity index (χ1n) is 7.32. The standard InChI is InChI=1S/C15H20BrN5/c1-17-13-5-7-21(8-6-13)15-18-14(19-20-15)10-11-3-2-4-12(16)9-11/h2-4,9,13,17H,5-8,10H2,1H3,(H,18,19,20). The molecule has 0 aliphatic carbocycles. The van der Waals surface area contributed by atoms with Crippen LogP contribution in [-0.4, -0.2) is 41.4 Å². The van der Waals surface area contributed by atoms with Crippen LogP contribution in [0.3, 0.4) is 0 Å². The Morgan fingerprint density at radius 2 is 2.19 bits per heavy atom. The van der Waals surface area contributed by atoms with Crippen molar-refractivity contribution in [2.45, 2.75) is 25.3 Å². The van der Waals surface area contributed by atoms with Gasteiger partial charge >= 0.3 is 0 Å². The molecule has 0 atom stereocenters. The first kappa shape index (κ1) is 14.5. The fourth-order valence-electron chi connectivity index (χ4n) is 2.71. The molecular weight excluding hydrogens is 330 g/mol. The van der Waals surface area contributed by atoms with Crippen LogP contribution in [0.1, 0.15) is 24.2 Å². The van der Waals surface area contributed by atoms with E-state index in [2.05, 4.69) is 53.5 Å². The van der Waals surface area contributed by atoms with Gasteiger partial charge in [-0.1, -0.05) is 28.1 Å². The van der Waals surface area contributed by atoms with Crippen LogP contribution in [0, 0.1) is 0 Å². The molecule has 2 heterocycles. The molecule has 1 aliphatic heterocycles. The van der Waals surface area contributed by atoms with Gasteiger partial charge in [0, 0.05) is 30.0 Å². The largest absolute Gasteiger partial charge is 0.339 e. The number of rotatable bonds is 4. The normalized spacial score (nSPS) is 16.4. The van der Waals surface area contributed by atoms with E-state index in [-0.39, 0.29) is 0 Å². The number of nitrogens with zero attached hydrogens (tertiary/aromatic N) is 3. The number of nitrogens with one attached hydrogen (secondary N) is 2. The van der Waals surface area contributed by atoms with Crippen molar-refractivity contribution in [3.8, 4) is 0 Å². The fourth-order valence-corrected chi connectivity index (χ4v) is 3.16.